The largest absolute Gasteiger partial charge is 0.479 e. The van der Waals surface area contributed by atoms with Crippen LogP contribution in [0.1, 0.15) is 6.92 Å². The molecule has 1 heterocycles. The summed E-state index contributed by atoms with van der Waals surface area (Å²) >= 11 is 0. The van der Waals surface area contributed by atoms with Gasteiger partial charge < -0.3 is 14.9 Å². The van der Waals surface area contributed by atoms with E-state index < -0.39 is 18.2 Å². The zero-order valence-corrected chi connectivity index (χ0v) is 5.65. The van der Waals surface area contributed by atoms with Crippen LogP contribution >= 0.6 is 0 Å². The van der Waals surface area contributed by atoms with E-state index in [0.717, 1.165) is 0 Å². The highest BCUT2D eigenvalue weighted by atomic mass is 16.5. The summed E-state index contributed by atoms with van der Waals surface area (Å²) in [6, 6.07) is 0. The predicted octanol–water partition coefficient (Wildman–Crippen LogP) is -0.533. The topological polar surface area (TPSA) is 66.8 Å². The molecule has 0 aliphatic carbocycles. The van der Waals surface area contributed by atoms with Gasteiger partial charge in [-0.15, -0.1) is 0 Å². The summed E-state index contributed by atoms with van der Waals surface area (Å²) in [7, 11) is 0. The molecule has 0 bridgehead atoms. The molecule has 1 aliphatic heterocycles. The molecule has 0 aromatic carbocycles. The highest BCUT2D eigenvalue weighted by Gasteiger charge is 2.37. The Morgan fingerprint density at radius 2 is 2.30 bits per heavy atom. The fourth-order valence-electron chi connectivity index (χ4n) is 1.00. The van der Waals surface area contributed by atoms with Gasteiger partial charge in [0.05, 0.1) is 12.7 Å². The molecule has 1 saturated heterocycles. The first-order chi connectivity index (χ1) is 4.63. The Balaban J connectivity index is 2.57. The fourth-order valence-corrected chi connectivity index (χ4v) is 1.00. The van der Waals surface area contributed by atoms with Gasteiger partial charge in [-0.25, -0.2) is 4.79 Å². The van der Waals surface area contributed by atoms with Crippen molar-refractivity contribution in [2.75, 3.05) is 6.61 Å². The summed E-state index contributed by atoms with van der Waals surface area (Å²) in [5.41, 5.74) is 0. The molecule has 0 aromatic heterocycles. The predicted molar refractivity (Wildman–Crippen MR) is 32.5 cm³/mol. The van der Waals surface area contributed by atoms with Crippen molar-refractivity contribution >= 4 is 5.97 Å². The van der Waals surface area contributed by atoms with E-state index in [9.17, 15) is 4.79 Å². The van der Waals surface area contributed by atoms with Crippen LogP contribution in [-0.4, -0.2) is 35.0 Å². The summed E-state index contributed by atoms with van der Waals surface area (Å²) in [5, 5.41) is 17.5. The molecule has 4 nitrogen and oxygen atoms in total. The van der Waals surface area contributed by atoms with Crippen molar-refractivity contribution < 1.29 is 19.7 Å². The van der Waals surface area contributed by atoms with Gasteiger partial charge in [-0.2, -0.15) is 0 Å². The number of aliphatic hydroxyl groups excluding tert-OH is 1. The highest BCUT2D eigenvalue weighted by molar-refractivity contribution is 5.73. The van der Waals surface area contributed by atoms with E-state index >= 15 is 0 Å². The number of carbonyl (C=O) groups is 1. The first-order valence-corrected chi connectivity index (χ1v) is 3.15. The van der Waals surface area contributed by atoms with Crippen LogP contribution in [0.25, 0.3) is 0 Å². The minimum atomic E-state index is -0.996. The summed E-state index contributed by atoms with van der Waals surface area (Å²) < 4.78 is 4.79. The molecule has 0 amide bonds. The summed E-state index contributed by atoms with van der Waals surface area (Å²) in [6.45, 7) is 1.80. The molecule has 1 fully saturated rings. The van der Waals surface area contributed by atoms with Crippen molar-refractivity contribution in [3.05, 3.63) is 0 Å². The molecular weight excluding hydrogens is 136 g/mol. The van der Waals surface area contributed by atoms with Crippen LogP contribution in [-0.2, 0) is 9.53 Å². The van der Waals surface area contributed by atoms with Crippen LogP contribution in [0.3, 0.4) is 0 Å². The van der Waals surface area contributed by atoms with Crippen molar-refractivity contribution in [2.45, 2.75) is 19.1 Å². The number of aliphatic carboxylic acids is 1. The Hall–Kier alpha value is -0.610. The van der Waals surface area contributed by atoms with Crippen LogP contribution in [0.4, 0.5) is 0 Å². The van der Waals surface area contributed by atoms with Gasteiger partial charge in [0.25, 0.3) is 0 Å². The standard InChI is InChI=1S/C6H10O4/c1-3-4(7)2-10-5(3)6(8)9/h3-5,7H,2H2,1H3,(H,8,9). The zero-order valence-electron chi connectivity index (χ0n) is 5.65. The van der Waals surface area contributed by atoms with Gasteiger partial charge in [0.1, 0.15) is 0 Å². The lowest BCUT2D eigenvalue weighted by Crippen LogP contribution is -2.27. The Bertz CT molecular complexity index is 145. The van der Waals surface area contributed by atoms with E-state index in [1.54, 1.807) is 6.92 Å². The number of ether oxygens (including phenoxy) is 1. The van der Waals surface area contributed by atoms with E-state index in [1.165, 1.54) is 0 Å². The maximum absolute atomic E-state index is 10.3. The van der Waals surface area contributed by atoms with Gasteiger partial charge in [0.2, 0.25) is 0 Å². The first kappa shape index (κ1) is 7.50. The molecule has 58 valence electrons. The number of hydrogen-bond donors (Lipinski definition) is 2. The lowest BCUT2D eigenvalue weighted by molar-refractivity contribution is -0.148. The third-order valence-corrected chi connectivity index (χ3v) is 1.77. The van der Waals surface area contributed by atoms with Crippen LogP contribution in [0.15, 0.2) is 0 Å². The molecule has 0 spiro atoms. The second kappa shape index (κ2) is 2.56. The molecule has 0 aromatic rings. The van der Waals surface area contributed by atoms with E-state index in [0.29, 0.717) is 0 Å². The quantitative estimate of drug-likeness (QED) is 0.521. The van der Waals surface area contributed by atoms with Crippen molar-refractivity contribution in [1.29, 1.82) is 0 Å². The van der Waals surface area contributed by atoms with Crippen molar-refractivity contribution in [2.24, 2.45) is 5.92 Å². The van der Waals surface area contributed by atoms with E-state index in [2.05, 4.69) is 0 Å². The van der Waals surface area contributed by atoms with Crippen LogP contribution in [0.2, 0.25) is 0 Å². The monoisotopic (exact) mass is 146 g/mol. The SMILES string of the molecule is CC1C(O)COC1C(=O)O. The second-order valence-electron chi connectivity index (χ2n) is 2.52. The fraction of sp³-hybridized carbons (Fsp3) is 0.833. The lowest BCUT2D eigenvalue weighted by Gasteiger charge is -2.09. The van der Waals surface area contributed by atoms with Gasteiger partial charge in [-0.05, 0) is 0 Å². The molecule has 4 heteroatoms. The third-order valence-electron chi connectivity index (χ3n) is 1.77. The number of rotatable bonds is 1. The molecule has 1 rings (SSSR count). The number of carboxylic acid groups (broad SMARTS) is 1. The minimum absolute atomic E-state index is 0.137. The zero-order chi connectivity index (χ0) is 7.72. The van der Waals surface area contributed by atoms with Crippen molar-refractivity contribution in [3.63, 3.8) is 0 Å². The molecule has 0 saturated carbocycles. The third kappa shape index (κ3) is 1.12. The maximum Gasteiger partial charge on any atom is 0.333 e. The molecule has 10 heavy (non-hydrogen) atoms. The van der Waals surface area contributed by atoms with Crippen LogP contribution in [0, 0.1) is 5.92 Å². The number of carboxylic acids is 1. The Kier molecular flexibility index (Phi) is 1.92. The normalized spacial score (nSPS) is 40.0. The average Bonchev–Trinajstić information content (AvgIpc) is 2.14. The summed E-state index contributed by atoms with van der Waals surface area (Å²) in [6.07, 6.45) is -1.45. The highest BCUT2D eigenvalue weighted by Crippen LogP contribution is 2.20. The van der Waals surface area contributed by atoms with E-state index in [4.69, 9.17) is 14.9 Å². The van der Waals surface area contributed by atoms with Gasteiger partial charge in [-0.1, -0.05) is 6.92 Å². The lowest BCUT2D eigenvalue weighted by atomic mass is 10.0. The Morgan fingerprint density at radius 3 is 2.50 bits per heavy atom. The van der Waals surface area contributed by atoms with Crippen molar-refractivity contribution in [3.8, 4) is 0 Å². The second-order valence-corrected chi connectivity index (χ2v) is 2.52. The molecular formula is C6H10O4. The Labute approximate surface area is 58.4 Å². The summed E-state index contributed by atoms with van der Waals surface area (Å²) in [4.78, 5) is 10.3. The van der Waals surface area contributed by atoms with Crippen LogP contribution < -0.4 is 0 Å². The van der Waals surface area contributed by atoms with Gasteiger partial charge in [0, 0.05) is 5.92 Å². The smallest absolute Gasteiger partial charge is 0.333 e. The molecule has 3 atom stereocenters. The van der Waals surface area contributed by atoms with Gasteiger partial charge in [-0.3, -0.25) is 0 Å². The number of aliphatic hydroxyl groups is 1. The minimum Gasteiger partial charge on any atom is -0.479 e. The molecule has 2 N–H and O–H groups in total. The first-order valence-electron chi connectivity index (χ1n) is 3.15. The van der Waals surface area contributed by atoms with Crippen LogP contribution in [0.5, 0.6) is 0 Å². The molecule has 1 aliphatic rings. The van der Waals surface area contributed by atoms with Gasteiger partial charge in [0.15, 0.2) is 6.10 Å². The average molecular weight is 146 g/mol. The van der Waals surface area contributed by atoms with E-state index in [1.807, 2.05) is 0 Å². The summed E-state index contributed by atoms with van der Waals surface area (Å²) in [5.74, 6) is -1.29. The number of hydrogen-bond acceptors (Lipinski definition) is 3. The van der Waals surface area contributed by atoms with E-state index in [-0.39, 0.29) is 12.5 Å². The molecule has 0 radical (unpaired) electrons. The Morgan fingerprint density at radius 1 is 1.70 bits per heavy atom. The van der Waals surface area contributed by atoms with Crippen molar-refractivity contribution in [1.82, 2.24) is 0 Å². The van der Waals surface area contributed by atoms with Gasteiger partial charge >= 0.3 is 5.97 Å². The maximum atomic E-state index is 10.3. The molecule has 3 unspecified atom stereocenters.